The first-order valence-corrected chi connectivity index (χ1v) is 8.98. The number of amides is 1. The van der Waals surface area contributed by atoms with E-state index >= 15 is 0 Å². The first kappa shape index (κ1) is 18.1. The van der Waals surface area contributed by atoms with E-state index in [0.717, 1.165) is 12.3 Å². The van der Waals surface area contributed by atoms with Crippen LogP contribution in [0.25, 0.3) is 0 Å². The van der Waals surface area contributed by atoms with Gasteiger partial charge in [-0.05, 0) is 51.4 Å². The van der Waals surface area contributed by atoms with Crippen LogP contribution < -0.4 is 5.32 Å². The van der Waals surface area contributed by atoms with Crippen LogP contribution in [-0.4, -0.2) is 28.8 Å². The Morgan fingerprint density at radius 3 is 2.43 bits per heavy atom. The Morgan fingerprint density at radius 1 is 1.13 bits per heavy atom. The summed E-state index contributed by atoms with van der Waals surface area (Å²) < 4.78 is 5.20. The number of nitrogens with one attached hydrogen (secondary N) is 1. The predicted molar refractivity (Wildman–Crippen MR) is 88.2 cm³/mol. The first-order chi connectivity index (χ1) is 10.8. The van der Waals surface area contributed by atoms with Crippen molar-refractivity contribution in [2.75, 3.05) is 0 Å². The molecule has 0 aliphatic heterocycles. The summed E-state index contributed by atoms with van der Waals surface area (Å²) in [5.74, 6) is 0.845. The predicted octanol–water partition coefficient (Wildman–Crippen LogP) is 3.96. The van der Waals surface area contributed by atoms with E-state index in [4.69, 9.17) is 4.74 Å². The van der Waals surface area contributed by atoms with E-state index in [9.17, 15) is 14.7 Å². The molecule has 0 spiro atoms. The smallest absolute Gasteiger partial charge is 0.408 e. The van der Waals surface area contributed by atoms with Crippen molar-refractivity contribution in [3.8, 4) is 0 Å². The van der Waals surface area contributed by atoms with E-state index in [0.29, 0.717) is 18.3 Å². The number of alkyl carbamates (subject to hydrolysis) is 1. The maximum absolute atomic E-state index is 11.9. The molecule has 4 atom stereocenters. The van der Waals surface area contributed by atoms with Gasteiger partial charge in [0.15, 0.2) is 0 Å². The standard InChI is InChI=1S/C18H31NO4/c1-18(2,3)23-17(22)19-15(16(20)21)11-13-9-6-8-12-7-4-5-10-14(12)13/h12-15H,4-11H2,1-3H3,(H,19,22)(H,20,21). The number of carboxylic acids is 1. The van der Waals surface area contributed by atoms with Gasteiger partial charge in [0.25, 0.3) is 0 Å². The second-order valence-electron chi connectivity index (χ2n) is 8.17. The molecule has 2 aliphatic rings. The van der Waals surface area contributed by atoms with E-state index in [1.54, 1.807) is 20.8 Å². The van der Waals surface area contributed by atoms with Gasteiger partial charge in [-0.1, -0.05) is 38.5 Å². The lowest BCUT2D eigenvalue weighted by atomic mass is 9.64. The fourth-order valence-electron chi connectivity index (χ4n) is 4.34. The van der Waals surface area contributed by atoms with Crippen LogP contribution in [0.2, 0.25) is 0 Å². The fourth-order valence-corrected chi connectivity index (χ4v) is 4.34. The van der Waals surface area contributed by atoms with Gasteiger partial charge in [0, 0.05) is 0 Å². The number of carbonyl (C=O) groups is 2. The van der Waals surface area contributed by atoms with Gasteiger partial charge in [-0.25, -0.2) is 9.59 Å². The Morgan fingerprint density at radius 2 is 1.78 bits per heavy atom. The SMILES string of the molecule is CC(C)(C)OC(=O)NC(CC1CCCC2CCCCC21)C(=O)O. The summed E-state index contributed by atoms with van der Waals surface area (Å²) in [6.45, 7) is 5.32. The van der Waals surface area contributed by atoms with Crippen molar-refractivity contribution >= 4 is 12.1 Å². The molecule has 2 rings (SSSR count). The molecule has 2 saturated carbocycles. The van der Waals surface area contributed by atoms with Gasteiger partial charge in [0.2, 0.25) is 0 Å². The molecule has 0 saturated heterocycles. The minimum absolute atomic E-state index is 0.407. The molecule has 1 amide bonds. The highest BCUT2D eigenvalue weighted by atomic mass is 16.6. The third-order valence-corrected chi connectivity index (χ3v) is 5.25. The Kier molecular flexibility index (Phi) is 5.93. The van der Waals surface area contributed by atoms with Crippen molar-refractivity contribution < 1.29 is 19.4 Å². The zero-order valence-corrected chi connectivity index (χ0v) is 14.6. The topological polar surface area (TPSA) is 75.6 Å². The molecule has 2 aliphatic carbocycles. The van der Waals surface area contributed by atoms with Crippen LogP contribution in [-0.2, 0) is 9.53 Å². The molecule has 2 fully saturated rings. The number of hydrogen-bond donors (Lipinski definition) is 2. The Balaban J connectivity index is 1.95. The quantitative estimate of drug-likeness (QED) is 0.820. The van der Waals surface area contributed by atoms with Crippen LogP contribution in [0.15, 0.2) is 0 Å². The van der Waals surface area contributed by atoms with Crippen molar-refractivity contribution in [2.24, 2.45) is 17.8 Å². The Hall–Kier alpha value is -1.26. The zero-order valence-electron chi connectivity index (χ0n) is 14.6. The lowest BCUT2D eigenvalue weighted by Crippen LogP contribution is -2.46. The van der Waals surface area contributed by atoms with Gasteiger partial charge in [-0.3, -0.25) is 0 Å². The third kappa shape index (κ3) is 5.40. The van der Waals surface area contributed by atoms with E-state index in [1.807, 2.05) is 0 Å². The van der Waals surface area contributed by atoms with Crippen molar-refractivity contribution in [3.05, 3.63) is 0 Å². The number of ether oxygens (including phenoxy) is 1. The number of carbonyl (C=O) groups excluding carboxylic acids is 1. The Bertz CT molecular complexity index is 427. The van der Waals surface area contributed by atoms with Gasteiger partial charge in [0.1, 0.15) is 11.6 Å². The second kappa shape index (κ2) is 7.54. The maximum Gasteiger partial charge on any atom is 0.408 e. The average Bonchev–Trinajstić information content (AvgIpc) is 2.44. The molecular formula is C18H31NO4. The molecule has 0 aromatic heterocycles. The summed E-state index contributed by atoms with van der Waals surface area (Å²) >= 11 is 0. The van der Waals surface area contributed by atoms with Crippen LogP contribution in [0.3, 0.4) is 0 Å². The van der Waals surface area contributed by atoms with E-state index < -0.39 is 23.7 Å². The van der Waals surface area contributed by atoms with Crippen molar-refractivity contribution in [1.82, 2.24) is 5.32 Å². The van der Waals surface area contributed by atoms with Gasteiger partial charge in [-0.2, -0.15) is 0 Å². The van der Waals surface area contributed by atoms with Gasteiger partial charge in [-0.15, -0.1) is 0 Å². The van der Waals surface area contributed by atoms with Gasteiger partial charge >= 0.3 is 12.1 Å². The molecular weight excluding hydrogens is 294 g/mol. The number of aliphatic carboxylic acids is 1. The lowest BCUT2D eigenvalue weighted by Gasteiger charge is -2.42. The van der Waals surface area contributed by atoms with Crippen LogP contribution in [0, 0.1) is 17.8 Å². The minimum Gasteiger partial charge on any atom is -0.480 e. The molecule has 4 unspecified atom stereocenters. The first-order valence-electron chi connectivity index (χ1n) is 8.98. The monoisotopic (exact) mass is 325 g/mol. The summed E-state index contributed by atoms with van der Waals surface area (Å²) in [6.07, 6.45) is 8.52. The van der Waals surface area contributed by atoms with E-state index in [-0.39, 0.29) is 0 Å². The summed E-state index contributed by atoms with van der Waals surface area (Å²) in [7, 11) is 0. The van der Waals surface area contributed by atoms with Crippen LogP contribution >= 0.6 is 0 Å². The highest BCUT2D eigenvalue weighted by Gasteiger charge is 2.37. The molecule has 0 bridgehead atoms. The van der Waals surface area contributed by atoms with Crippen LogP contribution in [0.4, 0.5) is 4.79 Å². The highest BCUT2D eigenvalue weighted by Crippen LogP contribution is 2.45. The molecule has 0 radical (unpaired) electrons. The number of hydrogen-bond acceptors (Lipinski definition) is 3. The van der Waals surface area contributed by atoms with Crippen molar-refractivity contribution in [1.29, 1.82) is 0 Å². The molecule has 0 aromatic carbocycles. The lowest BCUT2D eigenvalue weighted by molar-refractivity contribution is -0.140. The molecule has 132 valence electrons. The maximum atomic E-state index is 11.9. The molecule has 2 N–H and O–H groups in total. The third-order valence-electron chi connectivity index (χ3n) is 5.25. The number of carboxylic acid groups (broad SMARTS) is 1. The van der Waals surface area contributed by atoms with Crippen molar-refractivity contribution in [3.63, 3.8) is 0 Å². The van der Waals surface area contributed by atoms with Crippen LogP contribution in [0.1, 0.15) is 72.1 Å². The summed E-state index contributed by atoms with van der Waals surface area (Å²) in [6, 6.07) is -0.851. The average molecular weight is 325 g/mol. The van der Waals surface area contributed by atoms with E-state index in [2.05, 4.69) is 5.32 Å². The molecule has 0 heterocycles. The zero-order chi connectivity index (χ0) is 17.0. The number of rotatable bonds is 4. The molecule has 0 aromatic rings. The van der Waals surface area contributed by atoms with Gasteiger partial charge < -0.3 is 15.2 Å². The molecule has 5 nitrogen and oxygen atoms in total. The Labute approximate surface area is 139 Å². The summed E-state index contributed by atoms with van der Waals surface area (Å²) in [5.41, 5.74) is -0.619. The van der Waals surface area contributed by atoms with Gasteiger partial charge in [0.05, 0.1) is 0 Å². The largest absolute Gasteiger partial charge is 0.480 e. The number of fused-ring (bicyclic) bond motifs is 1. The molecule has 5 heteroatoms. The summed E-state index contributed by atoms with van der Waals surface area (Å²) in [4.78, 5) is 23.5. The van der Waals surface area contributed by atoms with Crippen LogP contribution in [0.5, 0.6) is 0 Å². The molecule has 23 heavy (non-hydrogen) atoms. The highest BCUT2D eigenvalue weighted by molar-refractivity contribution is 5.80. The second-order valence-corrected chi connectivity index (χ2v) is 8.17. The normalized spacial score (nSPS) is 29.3. The van der Waals surface area contributed by atoms with Crippen molar-refractivity contribution in [2.45, 2.75) is 83.8 Å². The minimum atomic E-state index is -0.964. The summed E-state index contributed by atoms with van der Waals surface area (Å²) in [5, 5.41) is 12.0. The van der Waals surface area contributed by atoms with E-state index in [1.165, 1.54) is 38.5 Å². The fraction of sp³-hybridized carbons (Fsp3) is 0.889.